The Kier molecular flexibility index (Phi) is 5.27. The average Bonchev–Trinajstić information content (AvgIpc) is 3.05. The molecular formula is C19H23N5OS. The third-order valence-electron chi connectivity index (χ3n) is 4.30. The van der Waals surface area contributed by atoms with E-state index in [1.807, 2.05) is 38.1 Å². The van der Waals surface area contributed by atoms with Crippen molar-refractivity contribution in [1.29, 1.82) is 5.41 Å². The van der Waals surface area contributed by atoms with Gasteiger partial charge in [0.15, 0.2) is 5.84 Å². The fourth-order valence-electron chi connectivity index (χ4n) is 2.78. The summed E-state index contributed by atoms with van der Waals surface area (Å²) < 4.78 is 0. The molecule has 1 amide bonds. The Morgan fingerprint density at radius 1 is 1.23 bits per heavy atom. The Morgan fingerprint density at radius 3 is 2.46 bits per heavy atom. The fourth-order valence-corrected chi connectivity index (χ4v) is 3.67. The monoisotopic (exact) mass is 369 g/mol. The third kappa shape index (κ3) is 3.44. The number of nitrogens with one attached hydrogen (secondary N) is 1. The van der Waals surface area contributed by atoms with Crippen LogP contribution in [0.1, 0.15) is 33.3 Å². The molecule has 2 aliphatic rings. The molecule has 2 heterocycles. The van der Waals surface area contributed by atoms with Crippen LogP contribution in [0.3, 0.4) is 0 Å². The molecule has 0 aliphatic carbocycles. The number of fused-ring (bicyclic) bond motifs is 1. The van der Waals surface area contributed by atoms with Crippen molar-refractivity contribution in [1.82, 2.24) is 5.01 Å². The quantitative estimate of drug-likeness (QED) is 0.801. The van der Waals surface area contributed by atoms with E-state index >= 15 is 0 Å². The van der Waals surface area contributed by atoms with Gasteiger partial charge in [-0.2, -0.15) is 15.1 Å². The summed E-state index contributed by atoms with van der Waals surface area (Å²) in [6.45, 7) is 10.2. The SMILES string of the molecule is CCN(CC)c1ccc(/C=C2\C(=N)N3N=C(C(C)C)SC3=NC2=O)cc1. The highest BCUT2D eigenvalue weighted by Gasteiger charge is 2.36. The van der Waals surface area contributed by atoms with Gasteiger partial charge in [-0.25, -0.2) is 0 Å². The van der Waals surface area contributed by atoms with Crippen molar-refractivity contribution < 1.29 is 4.79 Å². The van der Waals surface area contributed by atoms with Crippen LogP contribution in [0.15, 0.2) is 39.9 Å². The molecule has 0 saturated carbocycles. The number of rotatable bonds is 5. The number of carbonyl (C=O) groups is 1. The molecule has 7 heteroatoms. The summed E-state index contributed by atoms with van der Waals surface area (Å²) >= 11 is 1.36. The van der Waals surface area contributed by atoms with E-state index < -0.39 is 0 Å². The third-order valence-corrected chi connectivity index (χ3v) is 5.51. The van der Waals surface area contributed by atoms with E-state index in [9.17, 15) is 4.79 Å². The van der Waals surface area contributed by atoms with E-state index in [0.717, 1.165) is 29.4 Å². The number of thioether (sulfide) groups is 1. The van der Waals surface area contributed by atoms with E-state index in [4.69, 9.17) is 5.41 Å². The standard InChI is InChI=1S/C19H23N5OS/c1-5-23(6-2)14-9-7-13(8-10-14)11-15-16(20)24-19(21-17(15)25)26-18(22-24)12(3)4/h7-12,20H,5-6H2,1-4H3/b15-11+,20-16?. The lowest BCUT2D eigenvalue weighted by molar-refractivity contribution is -0.114. The maximum Gasteiger partial charge on any atom is 0.283 e. The van der Waals surface area contributed by atoms with E-state index in [1.54, 1.807) is 6.08 Å². The normalized spacial score (nSPS) is 18.3. The summed E-state index contributed by atoms with van der Waals surface area (Å²) in [5.41, 5.74) is 2.27. The van der Waals surface area contributed by atoms with Crippen molar-refractivity contribution in [3.05, 3.63) is 35.4 Å². The summed E-state index contributed by atoms with van der Waals surface area (Å²) in [6, 6.07) is 7.99. The van der Waals surface area contributed by atoms with Crippen molar-refractivity contribution >= 4 is 45.5 Å². The molecule has 0 aromatic heterocycles. The second kappa shape index (κ2) is 7.45. The summed E-state index contributed by atoms with van der Waals surface area (Å²) in [7, 11) is 0. The number of hydrazone groups is 1. The van der Waals surface area contributed by atoms with Gasteiger partial charge in [-0.3, -0.25) is 10.2 Å². The smallest absolute Gasteiger partial charge is 0.283 e. The Morgan fingerprint density at radius 2 is 1.88 bits per heavy atom. The second-order valence-electron chi connectivity index (χ2n) is 6.38. The maximum atomic E-state index is 12.4. The van der Waals surface area contributed by atoms with Gasteiger partial charge in [0.25, 0.3) is 5.91 Å². The van der Waals surface area contributed by atoms with Crippen LogP contribution >= 0.6 is 11.8 Å². The zero-order valence-electron chi connectivity index (χ0n) is 15.5. The molecule has 0 spiro atoms. The van der Waals surface area contributed by atoms with Gasteiger partial charge in [-0.1, -0.05) is 26.0 Å². The van der Waals surface area contributed by atoms with E-state index in [2.05, 4.69) is 28.8 Å². The molecule has 0 unspecified atom stereocenters. The molecule has 6 nitrogen and oxygen atoms in total. The predicted molar refractivity (Wildman–Crippen MR) is 110 cm³/mol. The number of amidine groups is 2. The van der Waals surface area contributed by atoms with Crippen molar-refractivity contribution in [3.8, 4) is 0 Å². The molecule has 1 aromatic rings. The molecule has 0 fully saturated rings. The molecule has 2 aliphatic heterocycles. The highest BCUT2D eigenvalue weighted by atomic mass is 32.2. The van der Waals surface area contributed by atoms with Crippen LogP contribution in [0.25, 0.3) is 6.08 Å². The first-order chi connectivity index (χ1) is 12.4. The van der Waals surface area contributed by atoms with Gasteiger partial charge in [-0.15, -0.1) is 0 Å². The van der Waals surface area contributed by atoms with Crippen molar-refractivity contribution in [2.75, 3.05) is 18.0 Å². The molecule has 0 saturated heterocycles. The average molecular weight is 369 g/mol. The lowest BCUT2D eigenvalue weighted by Gasteiger charge is -2.21. The van der Waals surface area contributed by atoms with Crippen molar-refractivity contribution in [3.63, 3.8) is 0 Å². The number of hydrogen-bond acceptors (Lipinski definition) is 5. The van der Waals surface area contributed by atoms with Gasteiger partial charge in [0.05, 0.1) is 5.57 Å². The zero-order chi connectivity index (χ0) is 18.8. The lowest BCUT2D eigenvalue weighted by atomic mass is 10.1. The van der Waals surface area contributed by atoms with E-state index in [1.165, 1.54) is 16.8 Å². The van der Waals surface area contributed by atoms with Gasteiger partial charge in [-0.05, 0) is 49.4 Å². The minimum absolute atomic E-state index is 0.0796. The highest BCUT2D eigenvalue weighted by molar-refractivity contribution is 8.27. The molecule has 1 aromatic carbocycles. The number of nitrogens with zero attached hydrogens (tertiary/aromatic N) is 4. The van der Waals surface area contributed by atoms with Crippen molar-refractivity contribution in [2.24, 2.45) is 16.0 Å². The predicted octanol–water partition coefficient (Wildman–Crippen LogP) is 3.81. The van der Waals surface area contributed by atoms with E-state index in [0.29, 0.717) is 5.17 Å². The number of hydrogen-bond donors (Lipinski definition) is 1. The molecule has 1 N–H and O–H groups in total. The highest BCUT2D eigenvalue weighted by Crippen LogP contribution is 2.30. The van der Waals surface area contributed by atoms with Crippen LogP contribution in [0.2, 0.25) is 0 Å². The van der Waals surface area contributed by atoms with Crippen LogP contribution in [-0.4, -0.2) is 40.1 Å². The second-order valence-corrected chi connectivity index (χ2v) is 7.36. The molecule has 136 valence electrons. The van der Waals surface area contributed by atoms with Gasteiger partial charge < -0.3 is 4.90 Å². The Balaban J connectivity index is 1.88. The number of carbonyl (C=O) groups excluding carboxylic acids is 1. The Bertz CT molecular complexity index is 819. The first kappa shape index (κ1) is 18.4. The van der Waals surface area contributed by atoms with Crippen LogP contribution in [-0.2, 0) is 4.79 Å². The van der Waals surface area contributed by atoms with Crippen molar-refractivity contribution in [2.45, 2.75) is 27.7 Å². The molecule has 26 heavy (non-hydrogen) atoms. The minimum atomic E-state index is -0.387. The fraction of sp³-hybridized carbons (Fsp3) is 0.368. The number of aliphatic imine (C=N–C) groups is 1. The summed E-state index contributed by atoms with van der Waals surface area (Å²) in [5, 5.41) is 15.6. The Labute approximate surface area is 158 Å². The summed E-state index contributed by atoms with van der Waals surface area (Å²) in [5.74, 6) is -0.0750. The van der Waals surface area contributed by atoms with Crippen LogP contribution < -0.4 is 4.90 Å². The largest absolute Gasteiger partial charge is 0.372 e. The Hall–Kier alpha value is -2.41. The molecular weight excluding hydrogens is 346 g/mol. The first-order valence-electron chi connectivity index (χ1n) is 8.79. The molecule has 0 bridgehead atoms. The molecule has 0 radical (unpaired) electrons. The topological polar surface area (TPSA) is 72.1 Å². The van der Waals surface area contributed by atoms with Gasteiger partial charge in [0.1, 0.15) is 5.04 Å². The number of benzene rings is 1. The van der Waals surface area contributed by atoms with Gasteiger partial charge >= 0.3 is 0 Å². The zero-order valence-corrected chi connectivity index (χ0v) is 16.3. The maximum absolute atomic E-state index is 12.4. The van der Waals surface area contributed by atoms with Crippen LogP contribution in [0, 0.1) is 11.3 Å². The van der Waals surface area contributed by atoms with Gasteiger partial charge in [0, 0.05) is 24.7 Å². The summed E-state index contributed by atoms with van der Waals surface area (Å²) in [6.07, 6.45) is 1.71. The lowest BCUT2D eigenvalue weighted by Crippen LogP contribution is -2.35. The van der Waals surface area contributed by atoms with Crippen LogP contribution in [0.4, 0.5) is 5.69 Å². The first-order valence-corrected chi connectivity index (χ1v) is 9.61. The van der Waals surface area contributed by atoms with Crippen LogP contribution in [0.5, 0.6) is 0 Å². The summed E-state index contributed by atoms with van der Waals surface area (Å²) in [4.78, 5) is 18.8. The molecule has 3 rings (SSSR count). The minimum Gasteiger partial charge on any atom is -0.372 e. The number of anilines is 1. The van der Waals surface area contributed by atoms with Gasteiger partial charge in [0.2, 0.25) is 5.17 Å². The number of amides is 1. The molecule has 0 atom stereocenters. The van der Waals surface area contributed by atoms with E-state index in [-0.39, 0.29) is 23.2 Å².